The van der Waals surface area contributed by atoms with E-state index in [0.29, 0.717) is 15.1 Å². The maximum Gasteiger partial charge on any atom is 0.129 e. The van der Waals surface area contributed by atoms with E-state index in [-0.39, 0.29) is 10.6 Å². The average Bonchev–Trinajstić information content (AvgIpc) is 2.36. The molecule has 4 heteroatoms. The zero-order chi connectivity index (χ0) is 14.2. The van der Waals surface area contributed by atoms with E-state index >= 15 is 0 Å². The number of benzene rings is 2. The Morgan fingerprint density at radius 3 is 2.47 bits per heavy atom. The Hall–Kier alpha value is -0.380. The molecule has 0 heterocycles. The van der Waals surface area contributed by atoms with E-state index in [1.54, 1.807) is 6.07 Å². The number of hydrogen-bond donors (Lipinski definition) is 0. The van der Waals surface area contributed by atoms with E-state index < -0.39 is 0 Å². The number of rotatable bonds is 2. The van der Waals surface area contributed by atoms with Crippen molar-refractivity contribution in [1.82, 2.24) is 0 Å². The van der Waals surface area contributed by atoms with Gasteiger partial charge in [0.05, 0.1) is 9.85 Å². The highest BCUT2D eigenvalue weighted by molar-refractivity contribution is 9.10. The van der Waals surface area contributed by atoms with Gasteiger partial charge in [0.15, 0.2) is 0 Å². The van der Waals surface area contributed by atoms with Crippen molar-refractivity contribution in [2.75, 3.05) is 0 Å². The molecule has 0 N–H and O–H groups in total. The highest BCUT2D eigenvalue weighted by Crippen LogP contribution is 2.37. The maximum absolute atomic E-state index is 14.1. The monoisotopic (exact) mass is 404 g/mol. The van der Waals surface area contributed by atoms with Crippen molar-refractivity contribution in [3.05, 3.63) is 67.9 Å². The molecule has 19 heavy (non-hydrogen) atoms. The summed E-state index contributed by atoms with van der Waals surface area (Å²) >= 11 is 12.9. The molecule has 2 rings (SSSR count). The topological polar surface area (TPSA) is 0 Å². The number of aryl methyl sites for hydroxylation is 2. The van der Waals surface area contributed by atoms with Crippen LogP contribution < -0.4 is 0 Å². The Labute approximate surface area is 134 Å². The van der Waals surface area contributed by atoms with Gasteiger partial charge in [-0.15, -0.1) is 0 Å². The van der Waals surface area contributed by atoms with Crippen molar-refractivity contribution >= 4 is 43.5 Å². The fourth-order valence-corrected chi connectivity index (χ4v) is 3.26. The molecule has 1 atom stereocenters. The molecule has 0 amide bonds. The summed E-state index contributed by atoms with van der Waals surface area (Å²) in [5.74, 6) is -0.279. The van der Waals surface area contributed by atoms with E-state index in [2.05, 4.69) is 37.9 Å². The quantitative estimate of drug-likeness (QED) is 0.403. The average molecular weight is 407 g/mol. The fraction of sp³-hybridized carbons (Fsp3) is 0.200. The van der Waals surface area contributed by atoms with Crippen molar-refractivity contribution in [2.45, 2.75) is 18.7 Å². The van der Waals surface area contributed by atoms with Crippen LogP contribution >= 0.6 is 43.5 Å². The zero-order valence-electron chi connectivity index (χ0n) is 10.5. The summed E-state index contributed by atoms with van der Waals surface area (Å²) in [6, 6.07) is 9.20. The molecule has 0 bridgehead atoms. The molecule has 0 aliphatic heterocycles. The van der Waals surface area contributed by atoms with Crippen molar-refractivity contribution in [1.29, 1.82) is 0 Å². The summed E-state index contributed by atoms with van der Waals surface area (Å²) in [5.41, 5.74) is 3.86. The van der Waals surface area contributed by atoms with Gasteiger partial charge in [0.2, 0.25) is 0 Å². The van der Waals surface area contributed by atoms with Crippen LogP contribution in [0.2, 0.25) is 5.02 Å². The van der Waals surface area contributed by atoms with Gasteiger partial charge in [-0.1, -0.05) is 51.3 Å². The van der Waals surface area contributed by atoms with E-state index in [1.165, 1.54) is 6.07 Å². The molecule has 1 unspecified atom stereocenters. The van der Waals surface area contributed by atoms with Crippen LogP contribution in [-0.2, 0) is 0 Å². The largest absolute Gasteiger partial charge is 0.207 e. The van der Waals surface area contributed by atoms with Crippen molar-refractivity contribution < 1.29 is 4.39 Å². The number of halogens is 4. The minimum absolute atomic E-state index is 0.210. The van der Waals surface area contributed by atoms with Crippen molar-refractivity contribution in [2.24, 2.45) is 0 Å². The lowest BCUT2D eigenvalue weighted by atomic mass is 9.98. The fourth-order valence-electron chi connectivity index (χ4n) is 1.93. The first-order valence-electron chi connectivity index (χ1n) is 5.76. The predicted octanol–water partition coefficient (Wildman–Crippen LogP) is 6.34. The number of hydrogen-bond acceptors (Lipinski definition) is 0. The Morgan fingerprint density at radius 1 is 1.11 bits per heavy atom. The van der Waals surface area contributed by atoms with Gasteiger partial charge in [0.1, 0.15) is 5.82 Å². The first-order valence-corrected chi connectivity index (χ1v) is 7.84. The summed E-state index contributed by atoms with van der Waals surface area (Å²) in [7, 11) is 0. The third-order valence-corrected chi connectivity index (χ3v) is 5.20. The van der Waals surface area contributed by atoms with Gasteiger partial charge in [-0.2, -0.15) is 0 Å². The van der Waals surface area contributed by atoms with Gasteiger partial charge >= 0.3 is 0 Å². The van der Waals surface area contributed by atoms with Gasteiger partial charge in [0, 0.05) is 10.0 Å². The number of alkyl halides is 1. The second-order valence-electron chi connectivity index (χ2n) is 4.51. The summed E-state index contributed by atoms with van der Waals surface area (Å²) in [4.78, 5) is -0.210. The third-order valence-electron chi connectivity index (χ3n) is 3.02. The van der Waals surface area contributed by atoms with E-state index in [0.717, 1.165) is 16.7 Å². The van der Waals surface area contributed by atoms with Crippen LogP contribution in [0.25, 0.3) is 0 Å². The zero-order valence-corrected chi connectivity index (χ0v) is 14.4. The molecule has 0 aliphatic rings. The summed E-state index contributed by atoms with van der Waals surface area (Å²) in [6.07, 6.45) is 0. The Kier molecular flexibility index (Phi) is 4.70. The molecule has 0 nitrogen and oxygen atoms in total. The first-order chi connectivity index (χ1) is 8.90. The van der Waals surface area contributed by atoms with Crippen LogP contribution in [0.15, 0.2) is 34.8 Å². The lowest BCUT2D eigenvalue weighted by Crippen LogP contribution is -2.00. The maximum atomic E-state index is 14.1. The van der Waals surface area contributed by atoms with Gasteiger partial charge in [-0.25, -0.2) is 4.39 Å². The Balaban J connectivity index is 2.52. The Morgan fingerprint density at radius 2 is 1.79 bits per heavy atom. The van der Waals surface area contributed by atoms with E-state index in [9.17, 15) is 4.39 Å². The van der Waals surface area contributed by atoms with Crippen molar-refractivity contribution in [3.63, 3.8) is 0 Å². The minimum atomic E-state index is -0.279. The summed E-state index contributed by atoms with van der Waals surface area (Å²) < 4.78 is 14.6. The highest BCUT2D eigenvalue weighted by Gasteiger charge is 2.18. The van der Waals surface area contributed by atoms with Crippen LogP contribution in [0.3, 0.4) is 0 Å². The van der Waals surface area contributed by atoms with E-state index in [1.807, 2.05) is 26.0 Å². The molecule has 2 aromatic rings. The molecular weight excluding hydrogens is 394 g/mol. The van der Waals surface area contributed by atoms with Crippen LogP contribution in [0.1, 0.15) is 27.1 Å². The van der Waals surface area contributed by atoms with E-state index in [4.69, 9.17) is 11.6 Å². The van der Waals surface area contributed by atoms with Gasteiger partial charge in [0.25, 0.3) is 0 Å². The normalized spacial score (nSPS) is 12.5. The van der Waals surface area contributed by atoms with Gasteiger partial charge in [-0.3, -0.25) is 0 Å². The highest BCUT2D eigenvalue weighted by atomic mass is 79.9. The molecule has 0 saturated heterocycles. The Bertz CT molecular complexity index is 626. The van der Waals surface area contributed by atoms with Crippen LogP contribution in [-0.4, -0.2) is 0 Å². The van der Waals surface area contributed by atoms with Gasteiger partial charge in [-0.05, 0) is 53.0 Å². The summed E-state index contributed by atoms with van der Waals surface area (Å²) in [6.45, 7) is 4.04. The molecule has 0 spiro atoms. The molecule has 0 radical (unpaired) electrons. The lowest BCUT2D eigenvalue weighted by Gasteiger charge is -2.16. The first kappa shape index (κ1) is 15.0. The molecule has 0 aromatic heterocycles. The van der Waals surface area contributed by atoms with Crippen molar-refractivity contribution in [3.8, 4) is 0 Å². The third kappa shape index (κ3) is 3.21. The van der Waals surface area contributed by atoms with Crippen LogP contribution in [0, 0.1) is 19.7 Å². The molecule has 2 aromatic carbocycles. The van der Waals surface area contributed by atoms with Gasteiger partial charge < -0.3 is 0 Å². The van der Waals surface area contributed by atoms with Crippen LogP contribution in [0.5, 0.6) is 0 Å². The molecule has 100 valence electrons. The lowest BCUT2D eigenvalue weighted by molar-refractivity contribution is 0.612. The molecule has 0 aliphatic carbocycles. The second-order valence-corrected chi connectivity index (χ2v) is 6.69. The minimum Gasteiger partial charge on any atom is -0.207 e. The molecule has 0 saturated carbocycles. The SMILES string of the molecule is Cc1ccc(C)c(C(Br)c2cc(Cl)c(Br)cc2F)c1. The summed E-state index contributed by atoms with van der Waals surface area (Å²) in [5, 5.41) is 0.506. The smallest absolute Gasteiger partial charge is 0.129 e. The standard InChI is InChI=1S/C15H12Br2ClF/c1-8-3-4-9(2)10(5-8)15(17)11-6-13(18)12(16)7-14(11)19/h3-7,15H,1-2H3. The second kappa shape index (κ2) is 5.94. The molecular formula is C15H12Br2ClF. The predicted molar refractivity (Wildman–Crippen MR) is 85.8 cm³/mol. The molecule has 0 fully saturated rings. The van der Waals surface area contributed by atoms with Crippen LogP contribution in [0.4, 0.5) is 4.39 Å².